The lowest BCUT2D eigenvalue weighted by atomic mass is 9.88. The number of fused-ring (bicyclic) bond motifs is 1. The number of carbonyl (C=O) groups excluding carboxylic acids is 1. The zero-order valence-electron chi connectivity index (χ0n) is 23.2. The monoisotopic (exact) mass is 589 g/mol. The summed E-state index contributed by atoms with van der Waals surface area (Å²) in [5, 5.41) is 16.3. The van der Waals surface area contributed by atoms with E-state index in [-0.39, 0.29) is 36.1 Å². The Morgan fingerprint density at radius 2 is 1.85 bits per heavy atom. The first-order chi connectivity index (χ1) is 19.0. The number of benzene rings is 2. The van der Waals surface area contributed by atoms with E-state index in [2.05, 4.69) is 32.4 Å². The highest BCUT2D eigenvalue weighted by atomic mass is 35.5. The zero-order chi connectivity index (χ0) is 28.6. The molecule has 1 saturated heterocycles. The second kappa shape index (κ2) is 12.3. The summed E-state index contributed by atoms with van der Waals surface area (Å²) in [5.74, 6) is 0.117. The van der Waals surface area contributed by atoms with E-state index >= 15 is 0 Å². The number of nitrogens with one attached hydrogen (secondary N) is 2. The van der Waals surface area contributed by atoms with E-state index in [9.17, 15) is 23.1 Å². The summed E-state index contributed by atoms with van der Waals surface area (Å²) in [6.45, 7) is 6.08. The molecule has 2 aliphatic rings. The Morgan fingerprint density at radius 1 is 1.07 bits per heavy atom. The molecule has 2 aromatic carbocycles. The van der Waals surface area contributed by atoms with Crippen LogP contribution in [0.15, 0.2) is 48.8 Å². The number of nitrogens with zero attached hydrogens (tertiary/aromatic N) is 3. The zero-order valence-corrected chi connectivity index (χ0v) is 24.0. The molecule has 11 heteroatoms. The summed E-state index contributed by atoms with van der Waals surface area (Å²) >= 11 is 0. The Morgan fingerprint density at radius 3 is 2.59 bits per heavy atom. The summed E-state index contributed by atoms with van der Waals surface area (Å²) in [6, 6.07) is 10.7. The highest BCUT2D eigenvalue weighted by molar-refractivity contribution is 5.98. The molecule has 0 radical (unpaired) electrons. The number of rotatable bonds is 6. The Labute approximate surface area is 244 Å². The molecule has 1 aliphatic heterocycles. The van der Waals surface area contributed by atoms with Gasteiger partial charge < -0.3 is 15.7 Å². The van der Waals surface area contributed by atoms with Crippen molar-refractivity contribution in [3.63, 3.8) is 0 Å². The predicted octanol–water partition coefficient (Wildman–Crippen LogP) is 6.38. The number of carbonyl (C=O) groups is 1. The molecule has 5 rings (SSSR count). The molecular weight excluding hydrogens is 555 g/mol. The molecule has 1 fully saturated rings. The fourth-order valence-electron chi connectivity index (χ4n) is 6.00. The molecule has 1 aliphatic carbocycles. The topological polar surface area (TPSA) is 90.4 Å². The van der Waals surface area contributed by atoms with Gasteiger partial charge in [-0.2, -0.15) is 13.2 Å². The maximum atomic E-state index is 13.7. The van der Waals surface area contributed by atoms with Crippen LogP contribution >= 0.6 is 12.4 Å². The molecule has 220 valence electrons. The third-order valence-corrected chi connectivity index (χ3v) is 7.90. The summed E-state index contributed by atoms with van der Waals surface area (Å²) in [7, 11) is 0. The van der Waals surface area contributed by atoms with E-state index in [1.807, 2.05) is 32.0 Å². The van der Waals surface area contributed by atoms with Gasteiger partial charge in [0.25, 0.3) is 0 Å². The number of aliphatic hydroxyl groups is 1. The number of halogens is 4. The second-order valence-electron chi connectivity index (χ2n) is 11.0. The molecule has 0 bridgehead atoms. The lowest BCUT2D eigenvalue weighted by Crippen LogP contribution is -2.46. The molecule has 2 unspecified atom stereocenters. The van der Waals surface area contributed by atoms with Crippen LogP contribution in [-0.2, 0) is 23.8 Å². The largest absolute Gasteiger partial charge is 0.416 e. The van der Waals surface area contributed by atoms with E-state index in [0.717, 1.165) is 41.8 Å². The van der Waals surface area contributed by atoms with Crippen molar-refractivity contribution in [3.8, 4) is 11.3 Å². The third-order valence-electron chi connectivity index (χ3n) is 7.90. The van der Waals surface area contributed by atoms with Crippen LogP contribution < -0.4 is 10.6 Å². The van der Waals surface area contributed by atoms with Crippen LogP contribution in [0.1, 0.15) is 56.7 Å². The highest BCUT2D eigenvalue weighted by Crippen LogP contribution is 2.37. The van der Waals surface area contributed by atoms with Crippen LogP contribution in [0, 0.1) is 0 Å². The van der Waals surface area contributed by atoms with E-state index in [1.54, 1.807) is 6.07 Å². The van der Waals surface area contributed by atoms with Gasteiger partial charge in [-0.3, -0.25) is 9.69 Å². The van der Waals surface area contributed by atoms with Crippen molar-refractivity contribution in [2.24, 2.45) is 0 Å². The van der Waals surface area contributed by atoms with Crippen LogP contribution in [0.5, 0.6) is 0 Å². The number of anilines is 3. The number of hydrogen-bond donors (Lipinski definition) is 3. The molecule has 3 atom stereocenters. The van der Waals surface area contributed by atoms with Gasteiger partial charge in [0.05, 0.1) is 29.1 Å². The SMILES string of the molecule is CC(C)N1C(C)CC[C@H]1C(=O)Nc1cc(C(F)(F)F)ccc1-c1cc(Nc2cccc3c2CC(O)CC3)ncn1.Cl. The standard InChI is InChI=1S/C30H34F3N5O2.ClH/c1-17(2)38-18(3)7-12-27(38)29(40)37-26-13-20(30(31,32)33)9-11-22(26)25-15-28(35-16-34-25)36-24-6-4-5-19-8-10-21(39)14-23(19)24;/h4-6,9,11,13,15-18,21,27,39H,7-8,10,12,14H2,1-3H3,(H,37,40)(H,34,35,36);1H/t18?,21?,27-;/m0./s1. The molecule has 7 nitrogen and oxygen atoms in total. The van der Waals surface area contributed by atoms with E-state index in [1.165, 1.54) is 12.4 Å². The van der Waals surface area contributed by atoms with Crippen LogP contribution in [-0.4, -0.2) is 50.1 Å². The molecule has 3 aromatic rings. The maximum Gasteiger partial charge on any atom is 0.416 e. The van der Waals surface area contributed by atoms with Crippen molar-refractivity contribution in [2.45, 2.75) is 83.3 Å². The Balaban J connectivity index is 0.00000387. The minimum Gasteiger partial charge on any atom is -0.393 e. The molecule has 0 spiro atoms. The number of aromatic nitrogens is 2. The summed E-state index contributed by atoms with van der Waals surface area (Å²) in [6.07, 6.45) is -0.148. The summed E-state index contributed by atoms with van der Waals surface area (Å²) in [5.41, 5.74) is 2.91. The van der Waals surface area contributed by atoms with Gasteiger partial charge in [-0.15, -0.1) is 12.4 Å². The minimum absolute atomic E-state index is 0. The van der Waals surface area contributed by atoms with Gasteiger partial charge in [-0.1, -0.05) is 18.2 Å². The third kappa shape index (κ3) is 6.66. The van der Waals surface area contributed by atoms with Gasteiger partial charge >= 0.3 is 6.18 Å². The van der Waals surface area contributed by atoms with Crippen molar-refractivity contribution < 1.29 is 23.1 Å². The Kier molecular flexibility index (Phi) is 9.25. The normalized spacial score (nSPS) is 20.8. The van der Waals surface area contributed by atoms with Crippen molar-refractivity contribution in [1.82, 2.24) is 14.9 Å². The van der Waals surface area contributed by atoms with Gasteiger partial charge in [0.15, 0.2) is 0 Å². The number of alkyl halides is 3. The van der Waals surface area contributed by atoms with Crippen molar-refractivity contribution in [2.75, 3.05) is 10.6 Å². The van der Waals surface area contributed by atoms with Crippen LogP contribution in [0.4, 0.5) is 30.4 Å². The molecule has 2 heterocycles. The van der Waals surface area contributed by atoms with Crippen LogP contribution in [0.3, 0.4) is 0 Å². The fourth-order valence-corrected chi connectivity index (χ4v) is 6.00. The first-order valence-electron chi connectivity index (χ1n) is 13.7. The molecule has 1 aromatic heterocycles. The molecule has 0 saturated carbocycles. The van der Waals surface area contributed by atoms with E-state index in [4.69, 9.17) is 0 Å². The highest BCUT2D eigenvalue weighted by Gasteiger charge is 2.38. The molecule has 1 amide bonds. The second-order valence-corrected chi connectivity index (χ2v) is 11.0. The van der Waals surface area contributed by atoms with Crippen molar-refractivity contribution >= 4 is 35.5 Å². The maximum absolute atomic E-state index is 13.7. The van der Waals surface area contributed by atoms with Crippen molar-refractivity contribution in [1.29, 1.82) is 0 Å². The van der Waals surface area contributed by atoms with Gasteiger partial charge in [0.1, 0.15) is 12.1 Å². The van der Waals surface area contributed by atoms with Gasteiger partial charge in [0.2, 0.25) is 5.91 Å². The quantitative estimate of drug-likeness (QED) is 0.309. The first-order valence-corrected chi connectivity index (χ1v) is 13.7. The first kappa shape index (κ1) is 30.7. The number of likely N-dealkylation sites (tertiary alicyclic amines) is 1. The van der Waals surface area contributed by atoms with E-state index < -0.39 is 23.9 Å². The van der Waals surface area contributed by atoms with Crippen molar-refractivity contribution in [3.05, 3.63) is 65.5 Å². The van der Waals surface area contributed by atoms with Crippen LogP contribution in [0.2, 0.25) is 0 Å². The number of amides is 1. The lowest BCUT2D eigenvalue weighted by Gasteiger charge is -2.31. The lowest BCUT2D eigenvalue weighted by molar-refractivity contribution is -0.137. The molecule has 41 heavy (non-hydrogen) atoms. The van der Waals surface area contributed by atoms with Gasteiger partial charge in [-0.05, 0) is 75.8 Å². The van der Waals surface area contributed by atoms with Gasteiger partial charge in [0, 0.05) is 35.8 Å². The average molecular weight is 590 g/mol. The van der Waals surface area contributed by atoms with E-state index in [0.29, 0.717) is 36.3 Å². The van der Waals surface area contributed by atoms with Gasteiger partial charge in [-0.25, -0.2) is 9.97 Å². The predicted molar refractivity (Wildman–Crippen MR) is 156 cm³/mol. The smallest absolute Gasteiger partial charge is 0.393 e. The van der Waals surface area contributed by atoms with Crippen LogP contribution in [0.25, 0.3) is 11.3 Å². The minimum atomic E-state index is -4.57. The number of aryl methyl sites for hydroxylation is 1. The number of hydrogen-bond acceptors (Lipinski definition) is 6. The average Bonchev–Trinajstić information content (AvgIpc) is 3.30. The Hall–Kier alpha value is -3.21. The number of aliphatic hydroxyl groups excluding tert-OH is 1. The molecular formula is C30H35ClF3N5O2. The molecule has 3 N–H and O–H groups in total. The summed E-state index contributed by atoms with van der Waals surface area (Å²) in [4.78, 5) is 24.1. The Bertz CT molecular complexity index is 1400. The summed E-state index contributed by atoms with van der Waals surface area (Å²) < 4.78 is 41.0. The fraction of sp³-hybridized carbons (Fsp3) is 0.433.